The summed E-state index contributed by atoms with van der Waals surface area (Å²) in [4.78, 5) is 0. The number of halogens is 1. The molecule has 0 amide bonds. The molecule has 2 nitrogen and oxygen atoms in total. The van der Waals surface area contributed by atoms with E-state index in [1.54, 1.807) is 0 Å². The Morgan fingerprint density at radius 3 is 2.64 bits per heavy atom. The fourth-order valence-electron chi connectivity index (χ4n) is 1.66. The molecule has 0 saturated heterocycles. The van der Waals surface area contributed by atoms with Crippen molar-refractivity contribution in [2.75, 3.05) is 0 Å². The second-order valence-electron chi connectivity index (χ2n) is 3.88. The molecule has 0 heterocycles. The molecule has 1 aromatic carbocycles. The van der Waals surface area contributed by atoms with Gasteiger partial charge in [-0.05, 0) is 31.2 Å². The molecule has 0 radical (unpaired) electrons. The third-order valence-corrected chi connectivity index (χ3v) is 2.76. The van der Waals surface area contributed by atoms with Crippen LogP contribution in [0.2, 0.25) is 0 Å². The van der Waals surface area contributed by atoms with Crippen LogP contribution in [0.1, 0.15) is 30.0 Å². The second kappa shape index (κ2) is 4.20. The van der Waals surface area contributed by atoms with E-state index >= 15 is 0 Å². The SMILES string of the molecule is Cc1cccc([C@@H](N)C2CC2)c1O.Cl. The maximum Gasteiger partial charge on any atom is 0.123 e. The van der Waals surface area contributed by atoms with Crippen molar-refractivity contribution in [3.05, 3.63) is 29.3 Å². The number of hydrogen-bond acceptors (Lipinski definition) is 2. The number of hydrogen-bond donors (Lipinski definition) is 2. The minimum atomic E-state index is 0. The summed E-state index contributed by atoms with van der Waals surface area (Å²) in [5.41, 5.74) is 7.83. The quantitative estimate of drug-likeness (QED) is 0.793. The third kappa shape index (κ3) is 2.02. The number of rotatable bonds is 2. The minimum Gasteiger partial charge on any atom is -0.507 e. The number of phenolic OH excluding ortho intramolecular Hbond substituents is 1. The maximum absolute atomic E-state index is 9.76. The molecular formula is C11H16ClNO. The molecule has 1 fully saturated rings. The third-order valence-electron chi connectivity index (χ3n) is 2.76. The molecule has 0 unspecified atom stereocenters. The Bertz CT molecular complexity index is 323. The largest absolute Gasteiger partial charge is 0.507 e. The van der Waals surface area contributed by atoms with Crippen molar-refractivity contribution in [2.45, 2.75) is 25.8 Å². The Morgan fingerprint density at radius 2 is 2.07 bits per heavy atom. The van der Waals surface area contributed by atoms with Crippen LogP contribution in [0.25, 0.3) is 0 Å². The number of para-hydroxylation sites is 1. The summed E-state index contributed by atoms with van der Waals surface area (Å²) in [6.45, 7) is 1.90. The standard InChI is InChI=1S/C11H15NO.ClH/c1-7-3-2-4-9(11(7)13)10(12)8-5-6-8;/h2-4,8,10,13H,5-6,12H2,1H3;1H/t10-;/m0./s1. The highest BCUT2D eigenvalue weighted by Gasteiger charge is 2.30. The molecule has 14 heavy (non-hydrogen) atoms. The summed E-state index contributed by atoms with van der Waals surface area (Å²) in [7, 11) is 0. The summed E-state index contributed by atoms with van der Waals surface area (Å²) in [6.07, 6.45) is 2.41. The van der Waals surface area contributed by atoms with Crippen molar-refractivity contribution in [1.82, 2.24) is 0 Å². The first-order valence-electron chi connectivity index (χ1n) is 4.74. The van der Waals surface area contributed by atoms with Crippen LogP contribution in [0.4, 0.5) is 0 Å². The minimum absolute atomic E-state index is 0. The first-order valence-corrected chi connectivity index (χ1v) is 4.74. The van der Waals surface area contributed by atoms with E-state index in [4.69, 9.17) is 5.73 Å². The van der Waals surface area contributed by atoms with Gasteiger partial charge >= 0.3 is 0 Å². The Kier molecular flexibility index (Phi) is 3.40. The molecule has 1 saturated carbocycles. The van der Waals surface area contributed by atoms with Gasteiger partial charge in [0.15, 0.2) is 0 Å². The molecular weight excluding hydrogens is 198 g/mol. The van der Waals surface area contributed by atoms with Gasteiger partial charge in [0.05, 0.1) is 0 Å². The highest BCUT2D eigenvalue weighted by atomic mass is 35.5. The van der Waals surface area contributed by atoms with Crippen molar-refractivity contribution in [3.63, 3.8) is 0 Å². The van der Waals surface area contributed by atoms with Crippen LogP contribution >= 0.6 is 12.4 Å². The molecule has 0 bridgehead atoms. The lowest BCUT2D eigenvalue weighted by molar-refractivity contribution is 0.452. The summed E-state index contributed by atoms with van der Waals surface area (Å²) in [6, 6.07) is 5.80. The average molecular weight is 214 g/mol. The molecule has 3 N–H and O–H groups in total. The van der Waals surface area contributed by atoms with Gasteiger partial charge < -0.3 is 10.8 Å². The van der Waals surface area contributed by atoms with Gasteiger partial charge in [-0.3, -0.25) is 0 Å². The lowest BCUT2D eigenvalue weighted by Crippen LogP contribution is -2.12. The first kappa shape index (κ1) is 11.3. The lowest BCUT2D eigenvalue weighted by atomic mass is 10.00. The van der Waals surface area contributed by atoms with Crippen LogP contribution in [0.15, 0.2) is 18.2 Å². The van der Waals surface area contributed by atoms with Crippen molar-refractivity contribution in [3.8, 4) is 5.75 Å². The van der Waals surface area contributed by atoms with Crippen LogP contribution in [-0.4, -0.2) is 5.11 Å². The van der Waals surface area contributed by atoms with E-state index in [2.05, 4.69) is 0 Å². The van der Waals surface area contributed by atoms with Crippen molar-refractivity contribution < 1.29 is 5.11 Å². The topological polar surface area (TPSA) is 46.2 Å². The summed E-state index contributed by atoms with van der Waals surface area (Å²) < 4.78 is 0. The predicted octanol–water partition coefficient (Wildman–Crippen LogP) is 2.53. The van der Waals surface area contributed by atoms with Crippen molar-refractivity contribution >= 4 is 12.4 Å². The fourth-order valence-corrected chi connectivity index (χ4v) is 1.66. The van der Waals surface area contributed by atoms with Gasteiger partial charge in [-0.2, -0.15) is 0 Å². The highest BCUT2D eigenvalue weighted by Crippen LogP contribution is 2.42. The zero-order chi connectivity index (χ0) is 9.42. The molecule has 1 aliphatic carbocycles. The van der Waals surface area contributed by atoms with E-state index in [1.807, 2.05) is 25.1 Å². The number of phenols is 1. The Balaban J connectivity index is 0.000000980. The molecule has 1 atom stereocenters. The zero-order valence-electron chi connectivity index (χ0n) is 8.23. The number of benzene rings is 1. The summed E-state index contributed by atoms with van der Waals surface area (Å²) >= 11 is 0. The maximum atomic E-state index is 9.76. The smallest absolute Gasteiger partial charge is 0.123 e. The summed E-state index contributed by atoms with van der Waals surface area (Å²) in [5.74, 6) is 0.967. The normalized spacial score (nSPS) is 17.3. The van der Waals surface area contributed by atoms with E-state index in [1.165, 1.54) is 12.8 Å². The molecule has 1 aromatic rings. The van der Waals surface area contributed by atoms with Crippen LogP contribution in [0.3, 0.4) is 0 Å². The van der Waals surface area contributed by atoms with Gasteiger partial charge in [-0.25, -0.2) is 0 Å². The number of nitrogens with two attached hydrogens (primary N) is 1. The molecule has 3 heteroatoms. The predicted molar refractivity (Wildman–Crippen MR) is 59.7 cm³/mol. The van der Waals surface area contributed by atoms with Gasteiger partial charge in [0, 0.05) is 11.6 Å². The van der Waals surface area contributed by atoms with Crippen LogP contribution in [0.5, 0.6) is 5.75 Å². The van der Waals surface area contributed by atoms with Crippen LogP contribution in [0, 0.1) is 12.8 Å². The molecule has 0 aliphatic heterocycles. The summed E-state index contributed by atoms with van der Waals surface area (Å²) in [5, 5.41) is 9.76. The second-order valence-corrected chi connectivity index (χ2v) is 3.88. The van der Waals surface area contributed by atoms with Gasteiger partial charge in [0.2, 0.25) is 0 Å². The number of aryl methyl sites for hydroxylation is 1. The van der Waals surface area contributed by atoms with E-state index in [-0.39, 0.29) is 18.4 Å². The molecule has 0 aromatic heterocycles. The molecule has 78 valence electrons. The first-order chi connectivity index (χ1) is 6.20. The van der Waals surface area contributed by atoms with Crippen molar-refractivity contribution in [2.24, 2.45) is 11.7 Å². The van der Waals surface area contributed by atoms with Gasteiger partial charge in [-0.1, -0.05) is 18.2 Å². The Hall–Kier alpha value is -0.730. The Labute approximate surface area is 90.5 Å². The monoisotopic (exact) mass is 213 g/mol. The van der Waals surface area contributed by atoms with Crippen LogP contribution < -0.4 is 5.73 Å². The Morgan fingerprint density at radius 1 is 1.43 bits per heavy atom. The number of aromatic hydroxyl groups is 1. The highest BCUT2D eigenvalue weighted by molar-refractivity contribution is 5.85. The van der Waals surface area contributed by atoms with Gasteiger partial charge in [0.25, 0.3) is 0 Å². The zero-order valence-corrected chi connectivity index (χ0v) is 9.05. The van der Waals surface area contributed by atoms with Gasteiger partial charge in [-0.15, -0.1) is 12.4 Å². The molecule has 0 spiro atoms. The lowest BCUT2D eigenvalue weighted by Gasteiger charge is -2.13. The molecule has 2 rings (SSSR count). The van der Waals surface area contributed by atoms with E-state index in [0.29, 0.717) is 11.7 Å². The van der Waals surface area contributed by atoms with E-state index in [9.17, 15) is 5.11 Å². The van der Waals surface area contributed by atoms with Gasteiger partial charge in [0.1, 0.15) is 5.75 Å². The van der Waals surface area contributed by atoms with E-state index in [0.717, 1.165) is 11.1 Å². The van der Waals surface area contributed by atoms with E-state index < -0.39 is 0 Å². The average Bonchev–Trinajstić information content (AvgIpc) is 2.91. The fraction of sp³-hybridized carbons (Fsp3) is 0.455. The molecule has 1 aliphatic rings. The van der Waals surface area contributed by atoms with Crippen molar-refractivity contribution in [1.29, 1.82) is 0 Å². The van der Waals surface area contributed by atoms with Crippen LogP contribution in [-0.2, 0) is 0 Å².